The molecule has 3 saturated heterocycles. The first-order valence-corrected chi connectivity index (χ1v) is 16.9. The van der Waals surface area contributed by atoms with Crippen LogP contribution < -0.4 is 16.4 Å². The van der Waals surface area contributed by atoms with Crippen molar-refractivity contribution in [1.29, 1.82) is 0 Å². The van der Waals surface area contributed by atoms with E-state index < -0.39 is 27.8 Å². The zero-order valence-electron chi connectivity index (χ0n) is 24.3. The molecule has 3 heterocycles. The van der Waals surface area contributed by atoms with Crippen LogP contribution in [0.25, 0.3) is 0 Å². The lowest BCUT2D eigenvalue weighted by Gasteiger charge is -2.41. The van der Waals surface area contributed by atoms with Gasteiger partial charge in [-0.3, -0.25) is 4.79 Å². The summed E-state index contributed by atoms with van der Waals surface area (Å²) in [5, 5.41) is 6.98. The van der Waals surface area contributed by atoms with Crippen molar-refractivity contribution in [2.75, 3.05) is 30.8 Å². The summed E-state index contributed by atoms with van der Waals surface area (Å²) < 4.78 is 48.5. The summed E-state index contributed by atoms with van der Waals surface area (Å²) in [7, 11) is -3.36. The Morgan fingerprint density at radius 1 is 1.24 bits per heavy atom. The first-order chi connectivity index (χ1) is 19.9. The summed E-state index contributed by atoms with van der Waals surface area (Å²) in [6, 6.07) is 11.0. The molecule has 0 saturated carbocycles. The Balaban J connectivity index is 1.34. The van der Waals surface area contributed by atoms with Crippen molar-refractivity contribution in [1.82, 2.24) is 9.62 Å². The number of nitrogens with one attached hydrogen (secondary N) is 2. The SMILES string of the molecule is CC1(C)C[C@@H](C(c2ccc(Cl)cc2)C(N)C(=O)Nc2cccc(F)c2CC[C@H]2CN[C@@H]3CCCS(=O)(=O)N2C3)CCO1. The lowest BCUT2D eigenvalue weighted by Crippen LogP contribution is -2.57. The molecule has 0 aliphatic carbocycles. The fraction of sp³-hybridized carbons (Fsp3) is 0.581. The number of piperazine rings is 1. The van der Waals surface area contributed by atoms with Gasteiger partial charge in [0.1, 0.15) is 5.82 Å². The molecular weight excluding hydrogens is 579 g/mol. The molecule has 2 aromatic carbocycles. The molecule has 1 amide bonds. The summed E-state index contributed by atoms with van der Waals surface area (Å²) in [5.74, 6) is -0.900. The standard InChI is InChI=1S/C31H42ClFN4O4S/c1-31(2)17-21(14-15-41-31)28(20-8-10-22(32)11-9-20)29(34)30(38)36-27-7-3-6-26(33)25(27)13-12-24-18-35-23-5-4-16-42(39,40)37(24)19-23/h3,6-11,21,23-24,28-29,35H,4-5,12-19,34H2,1-2H3,(H,36,38)/t21-,23+,24-,28?,29?/m0/s1. The third-order valence-electron chi connectivity index (χ3n) is 9.05. The van der Waals surface area contributed by atoms with Gasteiger partial charge in [-0.2, -0.15) is 4.31 Å². The normalized spacial score (nSPS) is 28.3. The Labute approximate surface area is 253 Å². The fourth-order valence-corrected chi connectivity index (χ4v) is 8.84. The van der Waals surface area contributed by atoms with Crippen LogP contribution in [0.3, 0.4) is 0 Å². The van der Waals surface area contributed by atoms with Gasteiger partial charge in [-0.05, 0) is 88.1 Å². The van der Waals surface area contributed by atoms with Crippen molar-refractivity contribution < 1.29 is 22.3 Å². The predicted octanol–water partition coefficient (Wildman–Crippen LogP) is 4.43. The largest absolute Gasteiger partial charge is 0.376 e. The first kappa shape index (κ1) is 31.3. The van der Waals surface area contributed by atoms with Crippen LogP contribution in [-0.4, -0.2) is 67.8 Å². The van der Waals surface area contributed by atoms with Crippen molar-refractivity contribution in [3.8, 4) is 0 Å². The average molecular weight is 621 g/mol. The van der Waals surface area contributed by atoms with E-state index in [1.807, 2.05) is 26.0 Å². The highest BCUT2D eigenvalue weighted by Gasteiger charge is 2.40. The minimum absolute atomic E-state index is 0.0980. The highest BCUT2D eigenvalue weighted by atomic mass is 35.5. The molecule has 5 rings (SSSR count). The van der Waals surface area contributed by atoms with Crippen LogP contribution in [-0.2, 0) is 26.0 Å². The van der Waals surface area contributed by atoms with Gasteiger partial charge in [0.2, 0.25) is 15.9 Å². The van der Waals surface area contributed by atoms with Crippen LogP contribution in [0.15, 0.2) is 42.5 Å². The first-order valence-electron chi connectivity index (χ1n) is 14.9. The van der Waals surface area contributed by atoms with Gasteiger partial charge in [-0.15, -0.1) is 0 Å². The third kappa shape index (κ3) is 7.17. The Morgan fingerprint density at radius 2 is 2.00 bits per heavy atom. The van der Waals surface area contributed by atoms with Gasteiger partial charge in [0, 0.05) is 54.0 Å². The number of hydrogen-bond acceptors (Lipinski definition) is 6. The molecule has 3 aliphatic rings. The van der Waals surface area contributed by atoms with Gasteiger partial charge in [0.25, 0.3) is 0 Å². The molecule has 2 aromatic rings. The number of nitrogens with two attached hydrogens (primary N) is 1. The minimum atomic E-state index is -3.36. The highest BCUT2D eigenvalue weighted by Crippen LogP contribution is 2.40. The monoisotopic (exact) mass is 620 g/mol. The molecule has 0 aromatic heterocycles. The molecule has 11 heteroatoms. The van der Waals surface area contributed by atoms with E-state index in [-0.39, 0.29) is 41.7 Å². The van der Waals surface area contributed by atoms with Gasteiger partial charge in [-0.25, -0.2) is 12.8 Å². The summed E-state index contributed by atoms with van der Waals surface area (Å²) >= 11 is 6.16. The van der Waals surface area contributed by atoms with E-state index in [1.165, 1.54) is 6.07 Å². The zero-order chi connectivity index (χ0) is 30.1. The van der Waals surface area contributed by atoms with Crippen LogP contribution in [0.2, 0.25) is 5.02 Å². The maximum Gasteiger partial charge on any atom is 0.241 e. The van der Waals surface area contributed by atoms with E-state index in [9.17, 15) is 13.2 Å². The van der Waals surface area contributed by atoms with Crippen molar-refractivity contribution >= 4 is 33.2 Å². The lowest BCUT2D eigenvalue weighted by atomic mass is 9.73. The van der Waals surface area contributed by atoms with Gasteiger partial charge in [-0.1, -0.05) is 29.8 Å². The fourth-order valence-electron chi connectivity index (χ4n) is 6.91. The van der Waals surface area contributed by atoms with E-state index in [0.29, 0.717) is 48.8 Å². The van der Waals surface area contributed by atoms with E-state index in [2.05, 4.69) is 10.6 Å². The molecule has 230 valence electrons. The quantitative estimate of drug-likeness (QED) is 0.402. The van der Waals surface area contributed by atoms with E-state index in [4.69, 9.17) is 22.1 Å². The van der Waals surface area contributed by atoms with Crippen LogP contribution in [0.4, 0.5) is 10.1 Å². The molecular formula is C31H42ClFN4O4S. The van der Waals surface area contributed by atoms with Crippen molar-refractivity contribution in [2.45, 2.75) is 82.0 Å². The molecule has 4 N–H and O–H groups in total. The number of sulfonamides is 1. The van der Waals surface area contributed by atoms with Crippen molar-refractivity contribution in [3.05, 3.63) is 64.4 Å². The van der Waals surface area contributed by atoms with Gasteiger partial charge in [0.05, 0.1) is 17.4 Å². The number of ether oxygens (including phenoxy) is 1. The average Bonchev–Trinajstić information content (AvgIpc) is 3.05. The van der Waals surface area contributed by atoms with Crippen molar-refractivity contribution in [3.63, 3.8) is 0 Å². The molecule has 3 fully saturated rings. The maximum absolute atomic E-state index is 15.2. The number of fused-ring (bicyclic) bond motifs is 2. The molecule has 3 aliphatic heterocycles. The molecule has 0 radical (unpaired) electrons. The number of anilines is 1. The number of amides is 1. The van der Waals surface area contributed by atoms with Crippen molar-refractivity contribution in [2.24, 2.45) is 11.7 Å². The van der Waals surface area contributed by atoms with Crippen LogP contribution >= 0.6 is 11.6 Å². The van der Waals surface area contributed by atoms with Gasteiger partial charge >= 0.3 is 0 Å². The number of carbonyl (C=O) groups is 1. The molecule has 42 heavy (non-hydrogen) atoms. The smallest absolute Gasteiger partial charge is 0.241 e. The zero-order valence-corrected chi connectivity index (χ0v) is 25.9. The molecule has 2 bridgehead atoms. The molecule has 0 spiro atoms. The molecule has 6 atom stereocenters. The Hall–Kier alpha value is -2.08. The van der Waals surface area contributed by atoms with Crippen LogP contribution in [0.5, 0.6) is 0 Å². The summed E-state index contributed by atoms with van der Waals surface area (Å²) in [6.07, 6.45) is 3.67. The second-order valence-corrected chi connectivity index (χ2v) is 15.0. The third-order valence-corrected chi connectivity index (χ3v) is 11.3. The van der Waals surface area contributed by atoms with Gasteiger partial charge in [0.15, 0.2) is 0 Å². The van der Waals surface area contributed by atoms with Crippen LogP contribution in [0, 0.1) is 11.7 Å². The number of rotatable bonds is 8. The lowest BCUT2D eigenvalue weighted by molar-refractivity contribution is -0.119. The molecule has 8 nitrogen and oxygen atoms in total. The number of halogens is 2. The minimum Gasteiger partial charge on any atom is -0.376 e. The second-order valence-electron chi connectivity index (χ2n) is 12.5. The number of carbonyl (C=O) groups excluding carboxylic acids is 1. The number of hydrogen-bond donors (Lipinski definition) is 3. The van der Waals surface area contributed by atoms with E-state index in [0.717, 1.165) is 24.8 Å². The number of benzene rings is 2. The van der Waals surface area contributed by atoms with Crippen LogP contribution in [0.1, 0.15) is 63.0 Å². The van der Waals surface area contributed by atoms with Gasteiger partial charge < -0.3 is 21.1 Å². The topological polar surface area (TPSA) is 114 Å². The Kier molecular flexibility index (Phi) is 9.61. The highest BCUT2D eigenvalue weighted by molar-refractivity contribution is 7.89. The molecule has 3 unspecified atom stereocenters. The number of nitrogens with zero attached hydrogens (tertiary/aromatic N) is 1. The van der Waals surface area contributed by atoms with E-state index in [1.54, 1.807) is 28.6 Å². The van der Waals surface area contributed by atoms with E-state index >= 15 is 4.39 Å². The summed E-state index contributed by atoms with van der Waals surface area (Å²) in [6.45, 7) is 5.63. The Bertz CT molecular complexity index is 1370. The summed E-state index contributed by atoms with van der Waals surface area (Å²) in [5.41, 5.74) is 8.01. The maximum atomic E-state index is 15.2. The Morgan fingerprint density at radius 3 is 2.74 bits per heavy atom. The summed E-state index contributed by atoms with van der Waals surface area (Å²) in [4.78, 5) is 13.7. The second kappa shape index (κ2) is 12.9. The predicted molar refractivity (Wildman–Crippen MR) is 164 cm³/mol.